The van der Waals surface area contributed by atoms with Crippen LogP contribution in [0.15, 0.2) is 48.5 Å². The number of halogens is 1. The van der Waals surface area contributed by atoms with E-state index in [1.165, 1.54) is 17.7 Å². The summed E-state index contributed by atoms with van der Waals surface area (Å²) in [6.45, 7) is 4.74. The highest BCUT2D eigenvalue weighted by Crippen LogP contribution is 2.28. The molecule has 0 radical (unpaired) electrons. The van der Waals surface area contributed by atoms with Crippen molar-refractivity contribution in [2.24, 2.45) is 0 Å². The van der Waals surface area contributed by atoms with E-state index in [2.05, 4.69) is 22.3 Å². The van der Waals surface area contributed by atoms with Crippen molar-refractivity contribution in [3.63, 3.8) is 0 Å². The van der Waals surface area contributed by atoms with Crippen LogP contribution in [-0.2, 0) is 11.2 Å². The number of carbonyl (C=O) groups excluding carboxylic acids is 1. The maximum absolute atomic E-state index is 13.0. The maximum Gasteiger partial charge on any atom is 0.242 e. The molecule has 2 atom stereocenters. The first-order chi connectivity index (χ1) is 11.6. The van der Waals surface area contributed by atoms with Crippen LogP contribution in [0.25, 0.3) is 0 Å². The van der Waals surface area contributed by atoms with E-state index < -0.39 is 0 Å². The van der Waals surface area contributed by atoms with Gasteiger partial charge in [0.05, 0.1) is 6.04 Å². The van der Waals surface area contributed by atoms with Crippen LogP contribution in [0.2, 0.25) is 0 Å². The number of hydrogen-bond donors (Lipinski definition) is 1. The normalized spacial score (nSPS) is 16.2. The molecule has 1 aliphatic heterocycles. The quantitative estimate of drug-likeness (QED) is 0.926. The fourth-order valence-electron chi connectivity index (χ4n) is 3.28. The molecule has 24 heavy (non-hydrogen) atoms. The van der Waals surface area contributed by atoms with Gasteiger partial charge in [-0.2, -0.15) is 0 Å². The summed E-state index contributed by atoms with van der Waals surface area (Å²) in [5.41, 5.74) is 3.35. The van der Waals surface area contributed by atoms with Gasteiger partial charge in [-0.05, 0) is 56.0 Å². The Bertz CT molecular complexity index is 714. The fraction of sp³-hybridized carbons (Fsp3) is 0.350. The third kappa shape index (κ3) is 3.42. The summed E-state index contributed by atoms with van der Waals surface area (Å²) in [6.07, 6.45) is 2.12. The summed E-state index contributed by atoms with van der Waals surface area (Å²) in [6, 6.07) is 14.1. The van der Waals surface area contributed by atoms with Gasteiger partial charge in [0.25, 0.3) is 0 Å². The van der Waals surface area contributed by atoms with Crippen LogP contribution in [-0.4, -0.2) is 18.5 Å². The molecule has 0 aliphatic carbocycles. The van der Waals surface area contributed by atoms with Crippen molar-refractivity contribution in [3.8, 4) is 0 Å². The van der Waals surface area contributed by atoms with Crippen molar-refractivity contribution < 1.29 is 9.18 Å². The molecule has 0 saturated heterocycles. The number of hydrogen-bond acceptors (Lipinski definition) is 2. The zero-order chi connectivity index (χ0) is 17.1. The van der Waals surface area contributed by atoms with Crippen LogP contribution in [0.4, 0.5) is 10.1 Å². The van der Waals surface area contributed by atoms with E-state index in [-0.39, 0.29) is 23.8 Å². The average molecular weight is 326 g/mol. The van der Waals surface area contributed by atoms with Gasteiger partial charge in [-0.15, -0.1) is 0 Å². The molecule has 3 nitrogen and oxygen atoms in total. The number of fused-ring (bicyclic) bond motifs is 1. The summed E-state index contributed by atoms with van der Waals surface area (Å²) in [5.74, 6) is -0.279. The second-order valence-corrected chi connectivity index (χ2v) is 6.38. The largest absolute Gasteiger partial charge is 0.360 e. The van der Waals surface area contributed by atoms with Gasteiger partial charge in [0, 0.05) is 12.2 Å². The molecule has 2 aromatic carbocycles. The highest BCUT2D eigenvalue weighted by atomic mass is 19.1. The number of benzene rings is 2. The summed E-state index contributed by atoms with van der Waals surface area (Å²) in [5, 5.41) is 3.04. The van der Waals surface area contributed by atoms with Crippen molar-refractivity contribution in [1.82, 2.24) is 5.32 Å². The zero-order valence-corrected chi connectivity index (χ0v) is 14.1. The van der Waals surface area contributed by atoms with E-state index in [1.807, 2.05) is 26.0 Å². The number of para-hydroxylation sites is 1. The number of nitrogens with one attached hydrogen (secondary N) is 1. The number of rotatable bonds is 4. The smallest absolute Gasteiger partial charge is 0.242 e. The van der Waals surface area contributed by atoms with Gasteiger partial charge in [-0.25, -0.2) is 4.39 Å². The Hall–Kier alpha value is -2.36. The maximum atomic E-state index is 13.0. The second kappa shape index (κ2) is 7.04. The van der Waals surface area contributed by atoms with Crippen LogP contribution in [0.1, 0.15) is 37.4 Å². The Labute approximate surface area is 142 Å². The minimum atomic E-state index is -0.268. The minimum absolute atomic E-state index is 0.0106. The lowest BCUT2D eigenvalue weighted by atomic mass is 10.00. The summed E-state index contributed by atoms with van der Waals surface area (Å²) in [4.78, 5) is 14.8. The summed E-state index contributed by atoms with van der Waals surface area (Å²) < 4.78 is 13.0. The SMILES string of the molecule is CC(NC(=O)C(C)N1CCCc2ccccc21)c1ccc(F)cc1. The Morgan fingerprint density at radius 2 is 1.83 bits per heavy atom. The molecule has 0 aromatic heterocycles. The van der Waals surface area contributed by atoms with Crippen LogP contribution in [0.3, 0.4) is 0 Å². The summed E-state index contributed by atoms with van der Waals surface area (Å²) >= 11 is 0. The molecule has 0 saturated carbocycles. The van der Waals surface area contributed by atoms with Gasteiger partial charge >= 0.3 is 0 Å². The third-order valence-electron chi connectivity index (χ3n) is 4.72. The van der Waals surface area contributed by atoms with Gasteiger partial charge in [-0.1, -0.05) is 30.3 Å². The van der Waals surface area contributed by atoms with Crippen LogP contribution in [0.5, 0.6) is 0 Å². The van der Waals surface area contributed by atoms with Gasteiger partial charge in [0.15, 0.2) is 0 Å². The standard InChI is InChI=1S/C20H23FN2O/c1-14(16-9-11-18(21)12-10-16)22-20(24)15(2)23-13-5-7-17-6-3-4-8-19(17)23/h3-4,6,8-12,14-15H,5,7,13H2,1-2H3,(H,22,24). The lowest BCUT2D eigenvalue weighted by molar-refractivity contribution is -0.122. The second-order valence-electron chi connectivity index (χ2n) is 6.38. The highest BCUT2D eigenvalue weighted by molar-refractivity contribution is 5.85. The van der Waals surface area contributed by atoms with E-state index in [0.29, 0.717) is 0 Å². The molecule has 0 spiro atoms. The molecule has 2 unspecified atom stereocenters. The number of amides is 1. The highest BCUT2D eigenvalue weighted by Gasteiger charge is 2.26. The molecule has 1 amide bonds. The van der Waals surface area contributed by atoms with E-state index in [9.17, 15) is 9.18 Å². The zero-order valence-electron chi connectivity index (χ0n) is 14.1. The molecule has 0 fully saturated rings. The number of nitrogens with zero attached hydrogens (tertiary/aromatic N) is 1. The molecular weight excluding hydrogens is 303 g/mol. The van der Waals surface area contributed by atoms with E-state index in [4.69, 9.17) is 0 Å². The van der Waals surface area contributed by atoms with Gasteiger partial charge < -0.3 is 10.2 Å². The minimum Gasteiger partial charge on any atom is -0.360 e. The predicted molar refractivity (Wildman–Crippen MR) is 94.5 cm³/mol. The van der Waals surface area contributed by atoms with E-state index in [0.717, 1.165) is 30.6 Å². The number of anilines is 1. The number of aryl methyl sites for hydroxylation is 1. The molecule has 126 valence electrons. The van der Waals surface area contributed by atoms with Gasteiger partial charge in [0.1, 0.15) is 11.9 Å². The summed E-state index contributed by atoms with van der Waals surface area (Å²) in [7, 11) is 0. The molecule has 0 bridgehead atoms. The van der Waals surface area contributed by atoms with Crippen molar-refractivity contribution >= 4 is 11.6 Å². The molecule has 4 heteroatoms. The molecular formula is C20H23FN2O. The first kappa shape index (κ1) is 16.5. The Kier molecular flexibility index (Phi) is 4.84. The Morgan fingerprint density at radius 1 is 1.12 bits per heavy atom. The molecule has 2 aromatic rings. The van der Waals surface area contributed by atoms with Gasteiger partial charge in [0.2, 0.25) is 5.91 Å². The van der Waals surface area contributed by atoms with E-state index in [1.54, 1.807) is 12.1 Å². The third-order valence-corrected chi connectivity index (χ3v) is 4.72. The van der Waals surface area contributed by atoms with Crippen molar-refractivity contribution in [1.29, 1.82) is 0 Å². The lowest BCUT2D eigenvalue weighted by Crippen LogP contribution is -2.47. The molecule has 1 heterocycles. The number of carbonyl (C=O) groups is 1. The average Bonchev–Trinajstić information content (AvgIpc) is 2.61. The van der Waals surface area contributed by atoms with Crippen molar-refractivity contribution in [2.75, 3.05) is 11.4 Å². The van der Waals surface area contributed by atoms with E-state index >= 15 is 0 Å². The van der Waals surface area contributed by atoms with Gasteiger partial charge in [-0.3, -0.25) is 4.79 Å². The van der Waals surface area contributed by atoms with Crippen LogP contribution >= 0.6 is 0 Å². The molecule has 3 rings (SSSR count). The monoisotopic (exact) mass is 326 g/mol. The van der Waals surface area contributed by atoms with Crippen LogP contribution in [0, 0.1) is 5.82 Å². The Morgan fingerprint density at radius 3 is 2.58 bits per heavy atom. The van der Waals surface area contributed by atoms with Crippen molar-refractivity contribution in [2.45, 2.75) is 38.8 Å². The predicted octanol–water partition coefficient (Wildman–Crippen LogP) is 3.84. The fourth-order valence-corrected chi connectivity index (χ4v) is 3.28. The first-order valence-electron chi connectivity index (χ1n) is 8.46. The topological polar surface area (TPSA) is 32.3 Å². The van der Waals surface area contributed by atoms with Crippen LogP contribution < -0.4 is 10.2 Å². The lowest BCUT2D eigenvalue weighted by Gasteiger charge is -2.36. The molecule has 1 N–H and O–H groups in total. The molecule has 1 aliphatic rings. The van der Waals surface area contributed by atoms with Crippen molar-refractivity contribution in [3.05, 3.63) is 65.5 Å². The first-order valence-corrected chi connectivity index (χ1v) is 8.46. The Balaban J connectivity index is 1.70.